The number of rotatable bonds is 5. The summed E-state index contributed by atoms with van der Waals surface area (Å²) in [6.45, 7) is -0.760. The minimum Gasteiger partial charge on any atom is -0.759 e. The third-order valence-electron chi connectivity index (χ3n) is 1.42. The fourth-order valence-corrected chi connectivity index (χ4v) is 0.618. The van der Waals surface area contributed by atoms with Crippen LogP contribution in [0.5, 0.6) is 0 Å². The van der Waals surface area contributed by atoms with E-state index in [0.717, 1.165) is 0 Å². The second-order valence-electron chi connectivity index (χ2n) is 3.17. The molecule has 0 aliphatic heterocycles. The van der Waals surface area contributed by atoms with Crippen LogP contribution in [0.4, 0.5) is 0 Å². The second kappa shape index (κ2) is 14.3. The van der Waals surface area contributed by atoms with Gasteiger partial charge in [0.2, 0.25) is 0 Å². The quantitative estimate of drug-likeness (QED) is 0.120. The summed E-state index contributed by atoms with van der Waals surface area (Å²) in [6.07, 6.45) is -6.84. The Morgan fingerprint density at radius 1 is 0.826 bits per heavy atom. The Morgan fingerprint density at radius 2 is 1.09 bits per heavy atom. The standard InChI is InChI=1S/C6H12O6.2H2O4S.Ti/c7-1-3(9)5(11)6(12)4(10)2-8;2*1-5(2,3)4;/h1,3-6,8-12H,2H2;2*(H2,1,2,3,4);/q;;;+4/p-4. The molecule has 17 heteroatoms. The van der Waals surface area contributed by atoms with Crippen LogP contribution < -0.4 is 0 Å². The molecule has 0 fully saturated rings. The van der Waals surface area contributed by atoms with Crippen molar-refractivity contribution in [3.05, 3.63) is 0 Å². The third kappa shape index (κ3) is 34.3. The van der Waals surface area contributed by atoms with Crippen molar-refractivity contribution in [2.75, 3.05) is 6.61 Å². The molecule has 0 spiro atoms. The molecule has 0 aliphatic rings. The summed E-state index contributed by atoms with van der Waals surface area (Å²) in [4.78, 5) is 9.90. The molecule has 5 N–H and O–H groups in total. The second-order valence-corrected chi connectivity index (χ2v) is 4.81. The molecule has 23 heavy (non-hydrogen) atoms. The maximum absolute atomic E-state index is 9.90. The summed E-state index contributed by atoms with van der Waals surface area (Å²) in [7, 11) is -10.3. The van der Waals surface area contributed by atoms with E-state index >= 15 is 0 Å². The number of hydrogen-bond acceptors (Lipinski definition) is 14. The average molecular weight is 420 g/mol. The van der Waals surface area contributed by atoms with E-state index in [-0.39, 0.29) is 28.0 Å². The largest absolute Gasteiger partial charge is 4.00 e. The van der Waals surface area contributed by atoms with Gasteiger partial charge in [0, 0.05) is 20.8 Å². The van der Waals surface area contributed by atoms with Gasteiger partial charge in [0.1, 0.15) is 24.4 Å². The molecule has 4 atom stereocenters. The first-order valence-electron chi connectivity index (χ1n) is 4.66. The SMILES string of the molecule is O=CC(O)C(O)C(O)C(O)CO.O=S(=O)([O-])[O-].O=S(=O)([O-])[O-].[Ti+4]. The van der Waals surface area contributed by atoms with Gasteiger partial charge in [-0.25, -0.2) is 0 Å². The molecular formula is C6H12O14S2Ti. The summed E-state index contributed by atoms with van der Waals surface area (Å²) in [6, 6.07) is 0. The zero-order chi connectivity index (χ0) is 18.7. The maximum Gasteiger partial charge on any atom is 4.00 e. The number of aliphatic hydroxyl groups excluding tert-OH is 5. The van der Waals surface area contributed by atoms with Gasteiger partial charge in [-0.15, -0.1) is 0 Å². The number of aldehydes is 1. The fourth-order valence-electron chi connectivity index (χ4n) is 0.618. The molecular weight excluding hydrogens is 408 g/mol. The maximum atomic E-state index is 9.90. The van der Waals surface area contributed by atoms with E-state index < -0.39 is 51.8 Å². The summed E-state index contributed by atoms with van der Waals surface area (Å²) in [5, 5.41) is 43.5. The molecule has 0 aromatic rings. The molecule has 0 aromatic carbocycles. The Labute approximate surface area is 145 Å². The van der Waals surface area contributed by atoms with Crippen molar-refractivity contribution in [2.24, 2.45) is 0 Å². The van der Waals surface area contributed by atoms with Crippen molar-refractivity contribution in [3.63, 3.8) is 0 Å². The van der Waals surface area contributed by atoms with Crippen LogP contribution in [-0.2, 0) is 47.3 Å². The Balaban J connectivity index is -0.000000137. The first-order valence-corrected chi connectivity index (χ1v) is 7.33. The number of carbonyl (C=O) groups excluding carboxylic acids is 1. The topological polar surface area (TPSA) is 279 Å². The van der Waals surface area contributed by atoms with Crippen LogP contribution >= 0.6 is 0 Å². The third-order valence-corrected chi connectivity index (χ3v) is 1.42. The molecule has 0 heterocycles. The van der Waals surface area contributed by atoms with Gasteiger partial charge in [0.25, 0.3) is 0 Å². The first-order chi connectivity index (χ1) is 9.54. The molecule has 0 saturated carbocycles. The van der Waals surface area contributed by atoms with Gasteiger partial charge >= 0.3 is 21.7 Å². The minimum atomic E-state index is -5.17. The van der Waals surface area contributed by atoms with Crippen LogP contribution in [0, 0.1) is 0 Å². The van der Waals surface area contributed by atoms with Gasteiger partial charge < -0.3 is 48.5 Å². The van der Waals surface area contributed by atoms with Gasteiger partial charge in [-0.05, 0) is 0 Å². The molecule has 0 radical (unpaired) electrons. The Bertz CT molecular complexity index is 441. The molecule has 0 aliphatic carbocycles. The number of hydrogen-bond donors (Lipinski definition) is 5. The summed E-state index contributed by atoms with van der Waals surface area (Å²) in [5.41, 5.74) is 0. The van der Waals surface area contributed by atoms with Crippen LogP contribution in [0.1, 0.15) is 0 Å². The predicted molar refractivity (Wildman–Crippen MR) is 58.1 cm³/mol. The zero-order valence-electron chi connectivity index (χ0n) is 10.8. The van der Waals surface area contributed by atoms with Crippen molar-refractivity contribution in [1.29, 1.82) is 0 Å². The number of aliphatic hydroxyl groups is 5. The van der Waals surface area contributed by atoms with Crippen molar-refractivity contribution >= 4 is 27.1 Å². The zero-order valence-corrected chi connectivity index (χ0v) is 14.0. The van der Waals surface area contributed by atoms with E-state index in [2.05, 4.69) is 0 Å². The predicted octanol–water partition coefficient (Wildman–Crippen LogP) is -6.06. The van der Waals surface area contributed by atoms with E-state index in [9.17, 15) is 4.79 Å². The van der Waals surface area contributed by atoms with Crippen LogP contribution in [0.2, 0.25) is 0 Å². The molecule has 0 rings (SSSR count). The molecule has 136 valence electrons. The molecule has 0 saturated heterocycles. The Kier molecular flexibility index (Phi) is 19.1. The smallest absolute Gasteiger partial charge is 0.759 e. The monoisotopic (exact) mass is 420 g/mol. The van der Waals surface area contributed by atoms with Gasteiger partial charge in [0.15, 0.2) is 6.29 Å². The molecule has 0 bridgehead atoms. The van der Waals surface area contributed by atoms with Crippen molar-refractivity contribution < 1.29 is 87.1 Å². The Morgan fingerprint density at radius 3 is 1.26 bits per heavy atom. The van der Waals surface area contributed by atoms with Gasteiger partial charge in [-0.1, -0.05) is 0 Å². The number of carbonyl (C=O) groups is 1. The van der Waals surface area contributed by atoms with E-state index in [1.807, 2.05) is 0 Å². The van der Waals surface area contributed by atoms with Gasteiger partial charge in [-0.2, -0.15) is 0 Å². The molecule has 0 amide bonds. The minimum absolute atomic E-state index is 0. The van der Waals surface area contributed by atoms with Crippen LogP contribution in [0.15, 0.2) is 0 Å². The van der Waals surface area contributed by atoms with E-state index in [0.29, 0.717) is 0 Å². The summed E-state index contributed by atoms with van der Waals surface area (Å²) >= 11 is 0. The normalized spacial score (nSPS) is 16.0. The van der Waals surface area contributed by atoms with E-state index in [4.69, 9.17) is 60.6 Å². The van der Waals surface area contributed by atoms with Crippen molar-refractivity contribution in [2.45, 2.75) is 24.4 Å². The first kappa shape index (κ1) is 30.8. The van der Waals surface area contributed by atoms with Crippen molar-refractivity contribution in [1.82, 2.24) is 0 Å². The van der Waals surface area contributed by atoms with Crippen molar-refractivity contribution in [3.8, 4) is 0 Å². The van der Waals surface area contributed by atoms with Crippen LogP contribution in [-0.4, -0.2) is 97.9 Å². The van der Waals surface area contributed by atoms with Crippen LogP contribution in [0.3, 0.4) is 0 Å². The van der Waals surface area contributed by atoms with E-state index in [1.54, 1.807) is 0 Å². The Hall–Kier alpha value is -0.0757. The van der Waals surface area contributed by atoms with Gasteiger partial charge in [0.05, 0.1) is 6.61 Å². The average Bonchev–Trinajstić information content (AvgIpc) is 2.30. The summed E-state index contributed by atoms with van der Waals surface area (Å²) in [5.74, 6) is 0. The van der Waals surface area contributed by atoms with Gasteiger partial charge in [-0.3, -0.25) is 16.8 Å². The summed E-state index contributed by atoms with van der Waals surface area (Å²) < 4.78 is 68.2. The van der Waals surface area contributed by atoms with E-state index in [1.165, 1.54) is 0 Å². The molecule has 14 nitrogen and oxygen atoms in total. The molecule has 0 aromatic heterocycles. The van der Waals surface area contributed by atoms with Crippen LogP contribution in [0.25, 0.3) is 0 Å². The fraction of sp³-hybridized carbons (Fsp3) is 0.833. The molecule has 4 unspecified atom stereocenters.